The van der Waals surface area contributed by atoms with Crippen molar-refractivity contribution >= 4 is 11.0 Å². The van der Waals surface area contributed by atoms with Gasteiger partial charge in [0.15, 0.2) is 5.82 Å². The molecule has 5 heteroatoms. The number of rotatable bonds is 3. The molecule has 0 aliphatic heterocycles. The fourth-order valence-corrected chi connectivity index (χ4v) is 1.64. The van der Waals surface area contributed by atoms with Crippen molar-refractivity contribution in [3.05, 3.63) is 35.8 Å². The van der Waals surface area contributed by atoms with Crippen molar-refractivity contribution in [2.24, 2.45) is 0 Å². The van der Waals surface area contributed by atoms with Crippen molar-refractivity contribution in [3.8, 4) is 0 Å². The van der Waals surface area contributed by atoms with E-state index in [9.17, 15) is 13.2 Å². The molecule has 0 amide bonds. The Morgan fingerprint density at radius 1 is 1.35 bits per heavy atom. The highest BCUT2D eigenvalue weighted by Gasteiger charge is 2.37. The van der Waals surface area contributed by atoms with Gasteiger partial charge in [0.2, 0.25) is 0 Å². The third kappa shape index (κ3) is 1.91. The summed E-state index contributed by atoms with van der Waals surface area (Å²) < 4.78 is 45.9. The van der Waals surface area contributed by atoms with E-state index in [-0.39, 0.29) is 16.5 Å². The Bertz CT molecular complexity index is 536. The van der Waals surface area contributed by atoms with Gasteiger partial charge >= 0.3 is 0 Å². The minimum absolute atomic E-state index is 0.0745. The molecule has 1 aromatic heterocycles. The zero-order valence-electron chi connectivity index (χ0n) is 9.43. The van der Waals surface area contributed by atoms with Gasteiger partial charge in [-0.1, -0.05) is 0 Å². The number of furan rings is 1. The molecule has 1 atom stereocenters. The highest BCUT2D eigenvalue weighted by atomic mass is 19.3. The lowest BCUT2D eigenvalue weighted by Gasteiger charge is -2.23. The molecule has 17 heavy (non-hydrogen) atoms. The zero-order valence-corrected chi connectivity index (χ0v) is 9.43. The smallest absolute Gasteiger partial charge is 0.287 e. The number of halogens is 3. The van der Waals surface area contributed by atoms with E-state index in [4.69, 9.17) is 4.42 Å². The number of hydrogen-bond donors (Lipinski definition) is 1. The first-order valence-electron chi connectivity index (χ1n) is 5.19. The second-order valence-corrected chi connectivity index (χ2v) is 3.93. The van der Waals surface area contributed by atoms with E-state index in [1.165, 1.54) is 26.1 Å². The van der Waals surface area contributed by atoms with Gasteiger partial charge < -0.3 is 9.73 Å². The fourth-order valence-electron chi connectivity index (χ4n) is 1.64. The fraction of sp³-hybridized carbons (Fsp3) is 0.333. The maximum Gasteiger partial charge on any atom is 0.287 e. The lowest BCUT2D eigenvalue weighted by Crippen LogP contribution is -2.38. The van der Waals surface area contributed by atoms with Crippen LogP contribution in [0.1, 0.15) is 12.5 Å². The summed E-state index contributed by atoms with van der Waals surface area (Å²) in [5, 5.41) is 2.57. The van der Waals surface area contributed by atoms with Crippen LogP contribution in [0, 0.1) is 5.82 Å². The highest BCUT2D eigenvalue weighted by Crippen LogP contribution is 2.34. The summed E-state index contributed by atoms with van der Waals surface area (Å²) in [6.07, 6.45) is 0.911. The molecular weight excluding hydrogens is 231 g/mol. The Hall–Kier alpha value is -1.49. The Labute approximate surface area is 96.4 Å². The van der Waals surface area contributed by atoms with E-state index in [1.807, 2.05) is 0 Å². The average molecular weight is 243 g/mol. The van der Waals surface area contributed by atoms with Gasteiger partial charge in [-0.3, -0.25) is 0 Å². The largest absolute Gasteiger partial charge is 0.461 e. The zero-order chi connectivity index (χ0) is 12.6. The molecule has 2 nitrogen and oxygen atoms in total. The van der Waals surface area contributed by atoms with Gasteiger partial charge in [-0.05, 0) is 32.2 Å². The van der Waals surface area contributed by atoms with Crippen molar-refractivity contribution in [2.45, 2.75) is 18.9 Å². The van der Waals surface area contributed by atoms with Crippen LogP contribution in [0.4, 0.5) is 13.2 Å². The lowest BCUT2D eigenvalue weighted by atomic mass is 10.0. The monoisotopic (exact) mass is 243 g/mol. The molecule has 92 valence electrons. The molecule has 1 N–H and O–H groups in total. The summed E-state index contributed by atoms with van der Waals surface area (Å²) in [4.78, 5) is 0. The second-order valence-electron chi connectivity index (χ2n) is 3.93. The standard InChI is InChI=1S/C12H12F3NO/c1-7(16-2)12(14,15)8-3-4-11-9(5-8)10(13)6-17-11/h3-7,16H,1-2H3. The van der Waals surface area contributed by atoms with Crippen LogP contribution in [0.25, 0.3) is 11.0 Å². The molecule has 0 spiro atoms. The molecule has 1 unspecified atom stereocenters. The minimum atomic E-state index is -3.06. The first-order chi connectivity index (χ1) is 7.96. The Morgan fingerprint density at radius 2 is 2.06 bits per heavy atom. The minimum Gasteiger partial charge on any atom is -0.461 e. The van der Waals surface area contributed by atoms with E-state index >= 15 is 0 Å². The molecule has 0 saturated carbocycles. The number of fused-ring (bicyclic) bond motifs is 1. The summed E-state index contributed by atoms with van der Waals surface area (Å²) >= 11 is 0. The summed E-state index contributed by atoms with van der Waals surface area (Å²) in [6.45, 7) is 1.37. The average Bonchev–Trinajstić information content (AvgIpc) is 2.69. The van der Waals surface area contributed by atoms with Gasteiger partial charge in [0.05, 0.1) is 11.4 Å². The molecular formula is C12H12F3NO. The first kappa shape index (κ1) is 12.0. The topological polar surface area (TPSA) is 25.2 Å². The number of hydrogen-bond acceptors (Lipinski definition) is 2. The van der Waals surface area contributed by atoms with Crippen LogP contribution in [0.3, 0.4) is 0 Å². The normalized spacial score (nSPS) is 14.2. The summed E-state index contributed by atoms with van der Waals surface area (Å²) in [5.41, 5.74) is 0.0336. The van der Waals surface area contributed by atoms with Crippen LogP contribution in [0.15, 0.2) is 28.9 Å². The van der Waals surface area contributed by atoms with Crippen molar-refractivity contribution in [1.29, 1.82) is 0 Å². The van der Waals surface area contributed by atoms with Gasteiger partial charge in [0.25, 0.3) is 5.92 Å². The van der Waals surface area contributed by atoms with Crippen LogP contribution < -0.4 is 5.32 Å². The Kier molecular flexibility index (Phi) is 2.87. The van der Waals surface area contributed by atoms with Gasteiger partial charge in [0, 0.05) is 5.56 Å². The van der Waals surface area contributed by atoms with Gasteiger partial charge in [-0.2, -0.15) is 8.78 Å². The van der Waals surface area contributed by atoms with E-state index in [0.717, 1.165) is 12.3 Å². The van der Waals surface area contributed by atoms with E-state index in [0.29, 0.717) is 0 Å². The molecule has 0 fully saturated rings. The van der Waals surface area contributed by atoms with E-state index in [1.54, 1.807) is 0 Å². The third-order valence-electron chi connectivity index (χ3n) is 2.89. The summed E-state index contributed by atoms with van der Waals surface area (Å²) in [7, 11) is 1.45. The first-order valence-corrected chi connectivity index (χ1v) is 5.19. The van der Waals surface area contributed by atoms with Gasteiger partial charge in [-0.15, -0.1) is 0 Å². The molecule has 1 heterocycles. The van der Waals surface area contributed by atoms with Crippen molar-refractivity contribution in [3.63, 3.8) is 0 Å². The van der Waals surface area contributed by atoms with E-state index in [2.05, 4.69) is 5.32 Å². The van der Waals surface area contributed by atoms with Crippen molar-refractivity contribution < 1.29 is 17.6 Å². The predicted octanol–water partition coefficient (Wildman–Crippen LogP) is 3.27. The second kappa shape index (κ2) is 4.07. The molecule has 0 aliphatic carbocycles. The summed E-state index contributed by atoms with van der Waals surface area (Å²) in [6, 6.07) is 2.69. The predicted molar refractivity (Wildman–Crippen MR) is 58.6 cm³/mol. The Morgan fingerprint density at radius 3 is 2.71 bits per heavy atom. The quantitative estimate of drug-likeness (QED) is 0.895. The maximum atomic E-state index is 13.9. The van der Waals surface area contributed by atoms with Crippen LogP contribution >= 0.6 is 0 Å². The van der Waals surface area contributed by atoms with Gasteiger partial charge in [0.1, 0.15) is 11.8 Å². The highest BCUT2D eigenvalue weighted by molar-refractivity contribution is 5.78. The molecule has 1 aromatic carbocycles. The molecule has 0 bridgehead atoms. The van der Waals surface area contributed by atoms with E-state index < -0.39 is 17.8 Å². The van der Waals surface area contributed by atoms with Crippen molar-refractivity contribution in [1.82, 2.24) is 5.32 Å². The molecule has 2 rings (SSSR count). The number of alkyl halides is 2. The maximum absolute atomic E-state index is 13.9. The van der Waals surface area contributed by atoms with Crippen LogP contribution in [-0.4, -0.2) is 13.1 Å². The van der Waals surface area contributed by atoms with Gasteiger partial charge in [-0.25, -0.2) is 4.39 Å². The third-order valence-corrected chi connectivity index (χ3v) is 2.89. The molecule has 0 radical (unpaired) electrons. The van der Waals surface area contributed by atoms with Crippen LogP contribution in [0.2, 0.25) is 0 Å². The number of nitrogens with one attached hydrogen (secondary N) is 1. The van der Waals surface area contributed by atoms with Crippen LogP contribution in [-0.2, 0) is 5.92 Å². The Balaban J connectivity index is 2.52. The molecule has 0 saturated heterocycles. The van der Waals surface area contributed by atoms with Crippen molar-refractivity contribution in [2.75, 3.05) is 7.05 Å². The molecule has 2 aromatic rings. The SMILES string of the molecule is CNC(C)C(F)(F)c1ccc2occ(F)c2c1. The van der Waals surface area contributed by atoms with Crippen LogP contribution in [0.5, 0.6) is 0 Å². The number of likely N-dealkylation sites (N-methyl/N-ethyl adjacent to an activating group) is 1. The number of benzene rings is 1. The lowest BCUT2D eigenvalue weighted by molar-refractivity contribution is -0.0352. The summed E-state index contributed by atoms with van der Waals surface area (Å²) in [5.74, 6) is -3.69. The molecule has 0 aliphatic rings.